The summed E-state index contributed by atoms with van der Waals surface area (Å²) in [4.78, 5) is 0. The SMILES string of the molecule is CCC1COCCN1S(=O)(=O)CCCCO. The van der Waals surface area contributed by atoms with Crippen LogP contribution in [0.2, 0.25) is 0 Å². The molecular formula is C10H21NO4S. The Morgan fingerprint density at radius 3 is 2.81 bits per heavy atom. The number of hydrogen-bond donors (Lipinski definition) is 1. The highest BCUT2D eigenvalue weighted by Gasteiger charge is 2.31. The Morgan fingerprint density at radius 2 is 2.19 bits per heavy atom. The zero-order chi connectivity index (χ0) is 12.0. The van der Waals surface area contributed by atoms with Gasteiger partial charge < -0.3 is 9.84 Å². The Labute approximate surface area is 97.4 Å². The summed E-state index contributed by atoms with van der Waals surface area (Å²) >= 11 is 0. The molecule has 1 saturated heterocycles. The average Bonchev–Trinajstić information content (AvgIpc) is 2.29. The van der Waals surface area contributed by atoms with Crippen LogP contribution < -0.4 is 0 Å². The Hall–Kier alpha value is -0.170. The molecule has 1 atom stereocenters. The molecule has 0 aromatic carbocycles. The Bertz CT molecular complexity index is 291. The summed E-state index contributed by atoms with van der Waals surface area (Å²) in [5.41, 5.74) is 0. The van der Waals surface area contributed by atoms with Gasteiger partial charge in [0, 0.05) is 19.2 Å². The molecule has 5 nitrogen and oxygen atoms in total. The number of ether oxygens (including phenoxy) is 1. The van der Waals surface area contributed by atoms with Gasteiger partial charge in [0.25, 0.3) is 0 Å². The van der Waals surface area contributed by atoms with Gasteiger partial charge in [-0.15, -0.1) is 0 Å². The highest BCUT2D eigenvalue weighted by atomic mass is 32.2. The van der Waals surface area contributed by atoms with Crippen LogP contribution in [0.3, 0.4) is 0 Å². The lowest BCUT2D eigenvalue weighted by Gasteiger charge is -2.34. The van der Waals surface area contributed by atoms with Crippen molar-refractivity contribution in [3.63, 3.8) is 0 Å². The van der Waals surface area contributed by atoms with Crippen molar-refractivity contribution < 1.29 is 18.3 Å². The largest absolute Gasteiger partial charge is 0.396 e. The van der Waals surface area contributed by atoms with E-state index in [1.165, 1.54) is 0 Å². The zero-order valence-electron chi connectivity index (χ0n) is 9.76. The van der Waals surface area contributed by atoms with Gasteiger partial charge in [-0.2, -0.15) is 4.31 Å². The summed E-state index contributed by atoms with van der Waals surface area (Å²) < 4.78 is 30.9. The lowest BCUT2D eigenvalue weighted by atomic mass is 10.2. The minimum absolute atomic E-state index is 0.0205. The molecule has 1 aliphatic heterocycles. The number of aliphatic hydroxyl groups is 1. The van der Waals surface area contributed by atoms with E-state index in [0.717, 1.165) is 6.42 Å². The second-order valence-electron chi connectivity index (χ2n) is 3.99. The third-order valence-corrected chi connectivity index (χ3v) is 4.81. The van der Waals surface area contributed by atoms with E-state index in [4.69, 9.17) is 9.84 Å². The molecule has 0 amide bonds. The van der Waals surface area contributed by atoms with Crippen LogP contribution in [0, 0.1) is 0 Å². The van der Waals surface area contributed by atoms with Crippen LogP contribution in [0.25, 0.3) is 0 Å². The molecule has 1 heterocycles. The number of nitrogens with zero attached hydrogens (tertiary/aromatic N) is 1. The first-order chi connectivity index (χ1) is 7.61. The van der Waals surface area contributed by atoms with Gasteiger partial charge in [-0.25, -0.2) is 8.42 Å². The van der Waals surface area contributed by atoms with E-state index in [-0.39, 0.29) is 18.4 Å². The van der Waals surface area contributed by atoms with Gasteiger partial charge >= 0.3 is 0 Å². The topological polar surface area (TPSA) is 66.8 Å². The molecule has 0 radical (unpaired) electrons. The standard InChI is InChI=1S/C10H21NO4S/c1-2-10-9-15-7-5-11(10)16(13,14)8-4-3-6-12/h10,12H,2-9H2,1H3. The summed E-state index contributed by atoms with van der Waals surface area (Å²) in [5, 5.41) is 8.64. The minimum atomic E-state index is -3.17. The van der Waals surface area contributed by atoms with E-state index in [1.54, 1.807) is 4.31 Å². The summed E-state index contributed by atoms with van der Waals surface area (Å²) in [5.74, 6) is 0.129. The van der Waals surface area contributed by atoms with Crippen LogP contribution in [-0.2, 0) is 14.8 Å². The number of rotatable bonds is 6. The molecule has 1 rings (SSSR count). The minimum Gasteiger partial charge on any atom is -0.396 e. The average molecular weight is 251 g/mol. The molecule has 0 saturated carbocycles. The Kier molecular flexibility index (Phi) is 5.68. The van der Waals surface area contributed by atoms with Crippen molar-refractivity contribution in [2.45, 2.75) is 32.2 Å². The molecule has 16 heavy (non-hydrogen) atoms. The van der Waals surface area contributed by atoms with Gasteiger partial charge in [-0.1, -0.05) is 6.92 Å². The fourth-order valence-corrected chi connectivity index (χ4v) is 3.66. The van der Waals surface area contributed by atoms with E-state index in [1.807, 2.05) is 6.92 Å². The van der Waals surface area contributed by atoms with E-state index < -0.39 is 10.0 Å². The molecule has 0 spiro atoms. The van der Waals surface area contributed by atoms with Gasteiger partial charge in [0.05, 0.1) is 19.0 Å². The Morgan fingerprint density at radius 1 is 1.44 bits per heavy atom. The predicted octanol–water partition coefficient (Wildman–Crippen LogP) is 0.200. The summed E-state index contributed by atoms with van der Waals surface area (Å²) in [7, 11) is -3.17. The molecule has 0 aromatic heterocycles. The Balaban J connectivity index is 2.57. The number of aliphatic hydroxyl groups excluding tert-OH is 1. The van der Waals surface area contributed by atoms with Gasteiger partial charge in [0.1, 0.15) is 0 Å². The highest BCUT2D eigenvalue weighted by Crippen LogP contribution is 2.16. The van der Waals surface area contributed by atoms with E-state index >= 15 is 0 Å². The summed E-state index contributed by atoms with van der Waals surface area (Å²) in [6.45, 7) is 3.46. The predicted molar refractivity (Wildman–Crippen MR) is 61.7 cm³/mol. The van der Waals surface area contributed by atoms with Crippen molar-refractivity contribution in [2.75, 3.05) is 32.1 Å². The fraction of sp³-hybridized carbons (Fsp3) is 1.00. The van der Waals surface area contributed by atoms with Crippen LogP contribution in [0.1, 0.15) is 26.2 Å². The van der Waals surface area contributed by atoms with Gasteiger partial charge in [-0.05, 0) is 19.3 Å². The van der Waals surface area contributed by atoms with E-state index in [0.29, 0.717) is 32.6 Å². The molecular weight excluding hydrogens is 230 g/mol. The molecule has 1 aliphatic rings. The molecule has 1 fully saturated rings. The number of hydrogen-bond acceptors (Lipinski definition) is 4. The van der Waals surface area contributed by atoms with Crippen LogP contribution >= 0.6 is 0 Å². The second-order valence-corrected chi connectivity index (χ2v) is 6.04. The van der Waals surface area contributed by atoms with Crippen molar-refractivity contribution in [1.29, 1.82) is 0 Å². The third-order valence-electron chi connectivity index (χ3n) is 2.81. The van der Waals surface area contributed by atoms with E-state index in [9.17, 15) is 8.42 Å². The van der Waals surface area contributed by atoms with Gasteiger partial charge in [0.15, 0.2) is 0 Å². The second kappa shape index (κ2) is 6.54. The van der Waals surface area contributed by atoms with Crippen LogP contribution in [0.4, 0.5) is 0 Å². The molecule has 0 aromatic rings. The molecule has 1 unspecified atom stereocenters. The lowest BCUT2D eigenvalue weighted by molar-refractivity contribution is 0.0314. The number of unbranched alkanes of at least 4 members (excludes halogenated alkanes) is 1. The summed E-state index contributed by atoms with van der Waals surface area (Å²) in [6, 6.07) is -0.0205. The molecule has 0 aliphatic carbocycles. The monoisotopic (exact) mass is 251 g/mol. The van der Waals surface area contributed by atoms with Crippen molar-refractivity contribution in [2.24, 2.45) is 0 Å². The summed E-state index contributed by atoms with van der Waals surface area (Å²) in [6.07, 6.45) is 1.84. The number of morpholine rings is 1. The van der Waals surface area contributed by atoms with Crippen LogP contribution in [0.5, 0.6) is 0 Å². The van der Waals surface area contributed by atoms with Crippen molar-refractivity contribution in [3.8, 4) is 0 Å². The fourth-order valence-electron chi connectivity index (χ4n) is 1.84. The smallest absolute Gasteiger partial charge is 0.214 e. The maximum atomic E-state index is 12.0. The van der Waals surface area contributed by atoms with Crippen molar-refractivity contribution >= 4 is 10.0 Å². The maximum absolute atomic E-state index is 12.0. The van der Waals surface area contributed by atoms with Crippen LogP contribution in [0.15, 0.2) is 0 Å². The zero-order valence-corrected chi connectivity index (χ0v) is 10.6. The third kappa shape index (κ3) is 3.69. The first-order valence-corrected chi connectivity index (χ1v) is 7.41. The molecule has 0 bridgehead atoms. The quantitative estimate of drug-likeness (QED) is 0.685. The van der Waals surface area contributed by atoms with Crippen molar-refractivity contribution in [3.05, 3.63) is 0 Å². The van der Waals surface area contributed by atoms with E-state index in [2.05, 4.69) is 0 Å². The molecule has 96 valence electrons. The van der Waals surface area contributed by atoms with Crippen molar-refractivity contribution in [1.82, 2.24) is 4.31 Å². The van der Waals surface area contributed by atoms with Crippen LogP contribution in [-0.4, -0.2) is 56.0 Å². The highest BCUT2D eigenvalue weighted by molar-refractivity contribution is 7.89. The normalized spacial score (nSPS) is 23.5. The number of sulfonamides is 1. The molecule has 6 heteroatoms. The first-order valence-electron chi connectivity index (χ1n) is 5.80. The molecule has 1 N–H and O–H groups in total. The maximum Gasteiger partial charge on any atom is 0.214 e. The van der Waals surface area contributed by atoms with Gasteiger partial charge in [-0.3, -0.25) is 0 Å². The van der Waals surface area contributed by atoms with Gasteiger partial charge in [0.2, 0.25) is 10.0 Å². The lowest BCUT2D eigenvalue weighted by Crippen LogP contribution is -2.49. The first kappa shape index (κ1) is 13.9.